The van der Waals surface area contributed by atoms with Crippen LogP contribution in [0.2, 0.25) is 0 Å². The fourth-order valence-electron chi connectivity index (χ4n) is 3.59. The monoisotopic (exact) mass is 385 g/mol. The van der Waals surface area contributed by atoms with Gasteiger partial charge in [-0.05, 0) is 51.1 Å². The van der Waals surface area contributed by atoms with E-state index in [-0.39, 0.29) is 12.0 Å². The summed E-state index contributed by atoms with van der Waals surface area (Å²) in [5.74, 6) is 0.790. The maximum atomic E-state index is 13.1. The molecular formula is C21H27N3O4. The Bertz CT molecular complexity index is 849. The van der Waals surface area contributed by atoms with Crippen molar-refractivity contribution >= 4 is 12.0 Å². The first-order valence-electron chi connectivity index (χ1n) is 9.50. The van der Waals surface area contributed by atoms with E-state index in [9.17, 15) is 9.59 Å². The topological polar surface area (TPSA) is 64.0 Å². The third-order valence-electron chi connectivity index (χ3n) is 5.09. The summed E-state index contributed by atoms with van der Waals surface area (Å²) >= 11 is 0. The molecule has 7 heteroatoms. The molecule has 1 aliphatic heterocycles. The normalized spacial score (nSPS) is 14.1. The molecule has 1 aliphatic rings. The van der Waals surface area contributed by atoms with Crippen molar-refractivity contribution in [2.24, 2.45) is 0 Å². The SMILES string of the molecule is CCOC(=O)N1CCN(C(=O)c2cc(C)n(-c3ccc(OC)cc3)c2C)CC1. The Balaban J connectivity index is 1.75. The highest BCUT2D eigenvalue weighted by atomic mass is 16.6. The Morgan fingerprint density at radius 3 is 2.18 bits per heavy atom. The van der Waals surface area contributed by atoms with Crippen LogP contribution in [0.25, 0.3) is 5.69 Å². The molecule has 1 aromatic carbocycles. The first kappa shape index (κ1) is 19.8. The van der Waals surface area contributed by atoms with E-state index < -0.39 is 0 Å². The number of nitrogens with zero attached hydrogens (tertiary/aromatic N) is 3. The lowest BCUT2D eigenvalue weighted by molar-refractivity contribution is 0.0570. The smallest absolute Gasteiger partial charge is 0.409 e. The molecule has 2 amide bonds. The first-order chi connectivity index (χ1) is 13.5. The quantitative estimate of drug-likeness (QED) is 0.812. The number of benzene rings is 1. The van der Waals surface area contributed by atoms with Gasteiger partial charge in [-0.15, -0.1) is 0 Å². The van der Waals surface area contributed by atoms with E-state index >= 15 is 0 Å². The van der Waals surface area contributed by atoms with Crippen LogP contribution in [-0.4, -0.2) is 66.3 Å². The summed E-state index contributed by atoms with van der Waals surface area (Å²) in [6.45, 7) is 8.08. The predicted octanol–water partition coefficient (Wildman–Crippen LogP) is 3.02. The predicted molar refractivity (Wildman–Crippen MR) is 106 cm³/mol. The molecule has 2 aromatic rings. The van der Waals surface area contributed by atoms with E-state index in [2.05, 4.69) is 4.57 Å². The van der Waals surface area contributed by atoms with Crippen molar-refractivity contribution in [3.05, 3.63) is 47.3 Å². The maximum absolute atomic E-state index is 13.1. The van der Waals surface area contributed by atoms with Gasteiger partial charge in [-0.2, -0.15) is 0 Å². The molecule has 0 N–H and O–H groups in total. The lowest BCUT2D eigenvalue weighted by Gasteiger charge is -2.34. The van der Waals surface area contributed by atoms with Gasteiger partial charge in [0.1, 0.15) is 5.75 Å². The van der Waals surface area contributed by atoms with E-state index in [1.165, 1.54) is 0 Å². The summed E-state index contributed by atoms with van der Waals surface area (Å²) in [4.78, 5) is 28.4. The number of methoxy groups -OCH3 is 1. The highest BCUT2D eigenvalue weighted by Gasteiger charge is 2.27. The molecule has 1 saturated heterocycles. The van der Waals surface area contributed by atoms with Gasteiger partial charge < -0.3 is 23.8 Å². The van der Waals surface area contributed by atoms with Crippen molar-refractivity contribution in [1.82, 2.24) is 14.4 Å². The number of aromatic nitrogens is 1. The van der Waals surface area contributed by atoms with E-state index in [4.69, 9.17) is 9.47 Å². The summed E-state index contributed by atoms with van der Waals surface area (Å²) in [5.41, 5.74) is 3.58. The largest absolute Gasteiger partial charge is 0.497 e. The average molecular weight is 385 g/mol. The van der Waals surface area contributed by atoms with Crippen LogP contribution in [-0.2, 0) is 4.74 Å². The molecule has 28 heavy (non-hydrogen) atoms. The average Bonchev–Trinajstić information content (AvgIpc) is 3.02. The van der Waals surface area contributed by atoms with Gasteiger partial charge in [0.15, 0.2) is 0 Å². The van der Waals surface area contributed by atoms with Crippen LogP contribution >= 0.6 is 0 Å². The number of hydrogen-bond donors (Lipinski definition) is 0. The summed E-state index contributed by atoms with van der Waals surface area (Å²) < 4.78 is 12.3. The molecule has 0 saturated carbocycles. The van der Waals surface area contributed by atoms with Crippen LogP contribution in [0.1, 0.15) is 28.7 Å². The fraction of sp³-hybridized carbons (Fsp3) is 0.429. The van der Waals surface area contributed by atoms with Gasteiger partial charge in [-0.3, -0.25) is 4.79 Å². The van der Waals surface area contributed by atoms with Gasteiger partial charge in [0, 0.05) is 43.3 Å². The minimum atomic E-state index is -0.313. The maximum Gasteiger partial charge on any atom is 0.409 e. The zero-order chi connectivity index (χ0) is 20.3. The Morgan fingerprint density at radius 1 is 1.00 bits per heavy atom. The molecule has 0 atom stereocenters. The van der Waals surface area contributed by atoms with Crippen LogP contribution in [0.4, 0.5) is 4.79 Å². The third kappa shape index (κ3) is 3.83. The van der Waals surface area contributed by atoms with E-state index in [0.29, 0.717) is 38.3 Å². The van der Waals surface area contributed by atoms with Crippen LogP contribution in [0.5, 0.6) is 5.75 Å². The number of hydrogen-bond acceptors (Lipinski definition) is 4. The molecule has 7 nitrogen and oxygen atoms in total. The highest BCUT2D eigenvalue weighted by Crippen LogP contribution is 2.24. The number of carbonyl (C=O) groups is 2. The molecular weight excluding hydrogens is 358 g/mol. The van der Waals surface area contributed by atoms with Crippen LogP contribution in [0.15, 0.2) is 30.3 Å². The van der Waals surface area contributed by atoms with Crippen molar-refractivity contribution < 1.29 is 19.1 Å². The molecule has 3 rings (SSSR count). The Morgan fingerprint density at radius 2 is 1.61 bits per heavy atom. The van der Waals surface area contributed by atoms with Crippen LogP contribution in [0, 0.1) is 13.8 Å². The summed E-state index contributed by atoms with van der Waals surface area (Å²) in [6, 6.07) is 9.70. The zero-order valence-corrected chi connectivity index (χ0v) is 16.9. The molecule has 2 heterocycles. The Hall–Kier alpha value is -2.96. The summed E-state index contributed by atoms with van der Waals surface area (Å²) in [7, 11) is 1.64. The van der Waals surface area contributed by atoms with Crippen LogP contribution in [0.3, 0.4) is 0 Å². The van der Waals surface area contributed by atoms with Crippen molar-refractivity contribution in [1.29, 1.82) is 0 Å². The van der Waals surface area contributed by atoms with Crippen molar-refractivity contribution in [2.45, 2.75) is 20.8 Å². The Kier molecular flexibility index (Phi) is 5.92. The zero-order valence-electron chi connectivity index (χ0n) is 16.9. The van der Waals surface area contributed by atoms with Gasteiger partial charge in [0.2, 0.25) is 0 Å². The lowest BCUT2D eigenvalue weighted by atomic mass is 10.2. The fourth-order valence-corrected chi connectivity index (χ4v) is 3.59. The number of ether oxygens (including phenoxy) is 2. The molecule has 150 valence electrons. The van der Waals surface area contributed by atoms with Crippen molar-refractivity contribution in [2.75, 3.05) is 39.9 Å². The minimum Gasteiger partial charge on any atom is -0.497 e. The molecule has 0 bridgehead atoms. The van der Waals surface area contributed by atoms with Crippen molar-refractivity contribution in [3.8, 4) is 11.4 Å². The number of rotatable bonds is 4. The van der Waals surface area contributed by atoms with Crippen molar-refractivity contribution in [3.63, 3.8) is 0 Å². The number of aryl methyl sites for hydroxylation is 1. The standard InChI is InChI=1S/C21H27N3O4/c1-5-28-21(26)23-12-10-22(11-13-23)20(25)19-14-15(2)24(16(19)3)17-6-8-18(27-4)9-7-17/h6-9,14H,5,10-13H2,1-4H3. The highest BCUT2D eigenvalue weighted by molar-refractivity contribution is 5.96. The first-order valence-corrected chi connectivity index (χ1v) is 9.50. The molecule has 0 aliphatic carbocycles. The number of carbonyl (C=O) groups excluding carboxylic acids is 2. The lowest BCUT2D eigenvalue weighted by Crippen LogP contribution is -2.50. The molecule has 0 spiro atoms. The second-order valence-corrected chi connectivity index (χ2v) is 6.80. The molecule has 1 fully saturated rings. The van der Waals surface area contributed by atoms with Gasteiger partial charge in [-0.1, -0.05) is 0 Å². The van der Waals surface area contributed by atoms with Crippen LogP contribution < -0.4 is 4.74 Å². The number of piperazine rings is 1. The van der Waals surface area contributed by atoms with E-state index in [1.54, 1.807) is 23.8 Å². The second-order valence-electron chi connectivity index (χ2n) is 6.80. The molecule has 0 unspecified atom stereocenters. The minimum absolute atomic E-state index is 0.00336. The molecule has 0 radical (unpaired) electrons. The van der Waals surface area contributed by atoms with Gasteiger partial charge in [0.25, 0.3) is 5.91 Å². The third-order valence-corrected chi connectivity index (χ3v) is 5.09. The van der Waals surface area contributed by atoms with Gasteiger partial charge >= 0.3 is 6.09 Å². The number of amides is 2. The van der Waals surface area contributed by atoms with Gasteiger partial charge in [-0.25, -0.2) is 4.79 Å². The summed E-state index contributed by atoms with van der Waals surface area (Å²) in [5, 5.41) is 0. The van der Waals surface area contributed by atoms with E-state index in [1.807, 2.05) is 44.2 Å². The second kappa shape index (κ2) is 8.37. The van der Waals surface area contributed by atoms with Gasteiger partial charge in [0.05, 0.1) is 19.3 Å². The summed E-state index contributed by atoms with van der Waals surface area (Å²) in [6.07, 6.45) is -0.313. The Labute approximate surface area is 165 Å². The van der Waals surface area contributed by atoms with E-state index in [0.717, 1.165) is 22.8 Å². The molecule has 1 aromatic heterocycles.